The molecule has 1 aromatic rings. The van der Waals surface area contributed by atoms with Crippen molar-refractivity contribution >= 4 is 21.6 Å². The monoisotopic (exact) mass is 322 g/mol. The van der Waals surface area contributed by atoms with Crippen LogP contribution in [0.25, 0.3) is 0 Å². The van der Waals surface area contributed by atoms with Crippen LogP contribution in [0, 0.1) is 10.1 Å². The van der Waals surface area contributed by atoms with Gasteiger partial charge >= 0.3 is 10.2 Å². The number of aliphatic hydroxyl groups excluding tert-OH is 1. The smallest absolute Gasteiger partial charge is 0.310 e. The molecule has 0 unspecified atom stereocenters. The predicted molar refractivity (Wildman–Crippen MR) is 64.8 cm³/mol. The highest BCUT2D eigenvalue weighted by Crippen LogP contribution is 3.02. The van der Waals surface area contributed by atoms with Gasteiger partial charge in [0.05, 0.1) is 11.5 Å². The summed E-state index contributed by atoms with van der Waals surface area (Å²) < 4.78 is 63.0. The van der Waals surface area contributed by atoms with Crippen LogP contribution in [0.3, 0.4) is 0 Å². The molecule has 20 heavy (non-hydrogen) atoms. The van der Waals surface area contributed by atoms with Crippen molar-refractivity contribution < 1.29 is 29.5 Å². The molecule has 0 aliphatic rings. The molecule has 5 nitrogen and oxygen atoms in total. The second-order valence-electron chi connectivity index (χ2n) is 4.02. The van der Waals surface area contributed by atoms with Crippen LogP contribution in [-0.2, 0) is 0 Å². The van der Waals surface area contributed by atoms with Crippen LogP contribution >= 0.6 is 10.2 Å². The fourth-order valence-electron chi connectivity index (χ4n) is 1.48. The third kappa shape index (κ3) is 3.70. The van der Waals surface area contributed by atoms with Gasteiger partial charge in [-0.05, 0) is 12.1 Å². The van der Waals surface area contributed by atoms with Gasteiger partial charge in [0.25, 0.3) is 5.69 Å². The van der Waals surface area contributed by atoms with E-state index in [2.05, 4.69) is 0 Å². The SMILES string of the molecule is CN(CCO)c1ccc(S(F)(F)(F)(F)F)cc1[N+](=O)[O-]. The lowest BCUT2D eigenvalue weighted by molar-refractivity contribution is -0.384. The molecule has 0 saturated carbocycles. The topological polar surface area (TPSA) is 66.6 Å². The van der Waals surface area contributed by atoms with E-state index < -0.39 is 32.3 Å². The summed E-state index contributed by atoms with van der Waals surface area (Å²) in [6.07, 6.45) is 0. The molecule has 0 spiro atoms. The lowest BCUT2D eigenvalue weighted by atomic mass is 10.2. The van der Waals surface area contributed by atoms with Gasteiger partial charge in [-0.2, -0.15) is 0 Å². The number of rotatable bonds is 5. The summed E-state index contributed by atoms with van der Waals surface area (Å²) in [6.45, 7) is -0.506. The van der Waals surface area contributed by atoms with Crippen LogP contribution in [-0.4, -0.2) is 30.2 Å². The normalized spacial score (nSPS) is 15.3. The van der Waals surface area contributed by atoms with Crippen molar-refractivity contribution in [3.63, 3.8) is 0 Å². The number of nitro groups is 1. The molecule has 0 amide bonds. The van der Waals surface area contributed by atoms with Gasteiger partial charge in [-0.15, -0.1) is 0 Å². The lowest BCUT2D eigenvalue weighted by Crippen LogP contribution is -2.22. The Hall–Kier alpha value is -1.62. The number of nitrogens with zero attached hydrogens (tertiary/aromatic N) is 2. The molecule has 0 saturated heterocycles. The first kappa shape index (κ1) is 16.4. The molecule has 1 rings (SSSR count). The molecule has 0 aliphatic carbocycles. The number of aliphatic hydroxyl groups is 1. The first-order valence-electron chi connectivity index (χ1n) is 5.11. The van der Waals surface area contributed by atoms with E-state index in [0.717, 1.165) is 4.90 Å². The van der Waals surface area contributed by atoms with Crippen molar-refractivity contribution in [2.45, 2.75) is 4.90 Å². The lowest BCUT2D eigenvalue weighted by Gasteiger charge is -2.40. The van der Waals surface area contributed by atoms with Gasteiger partial charge < -0.3 is 10.0 Å². The van der Waals surface area contributed by atoms with Crippen LogP contribution in [0.2, 0.25) is 0 Å². The highest BCUT2D eigenvalue weighted by molar-refractivity contribution is 8.45. The third-order valence-electron chi connectivity index (χ3n) is 2.44. The first-order valence-corrected chi connectivity index (χ1v) is 7.06. The van der Waals surface area contributed by atoms with E-state index in [4.69, 9.17) is 5.11 Å². The molecule has 116 valence electrons. The Morgan fingerprint density at radius 1 is 1.30 bits per heavy atom. The molecule has 0 fully saturated rings. The molecule has 1 aromatic carbocycles. The molecule has 0 atom stereocenters. The van der Waals surface area contributed by atoms with Gasteiger partial charge in [-0.25, -0.2) is 0 Å². The summed E-state index contributed by atoms with van der Waals surface area (Å²) in [4.78, 5) is 8.32. The summed E-state index contributed by atoms with van der Waals surface area (Å²) in [5.41, 5.74) is -1.40. The highest BCUT2D eigenvalue weighted by Gasteiger charge is 2.65. The third-order valence-corrected chi connectivity index (χ3v) is 3.58. The maximum Gasteiger partial charge on any atom is 0.310 e. The Kier molecular flexibility index (Phi) is 3.44. The second kappa shape index (κ2) is 4.19. The average Bonchev–Trinajstić information content (AvgIpc) is 2.25. The molecule has 11 heteroatoms. The van der Waals surface area contributed by atoms with Crippen molar-refractivity contribution in [2.24, 2.45) is 0 Å². The number of likely N-dealkylation sites (N-methyl/N-ethyl adjacent to an activating group) is 1. The summed E-state index contributed by atoms with van der Waals surface area (Å²) in [5, 5.41) is 19.4. The zero-order chi connectivity index (χ0) is 15.8. The quantitative estimate of drug-likeness (QED) is 0.510. The molecule has 0 bridgehead atoms. The minimum atomic E-state index is -9.97. The van der Waals surface area contributed by atoms with Gasteiger partial charge in [-0.3, -0.25) is 10.1 Å². The maximum atomic E-state index is 12.6. The van der Waals surface area contributed by atoms with E-state index in [9.17, 15) is 29.5 Å². The molecule has 0 aliphatic heterocycles. The zero-order valence-electron chi connectivity index (χ0n) is 10.1. The van der Waals surface area contributed by atoms with E-state index in [1.807, 2.05) is 0 Å². The van der Waals surface area contributed by atoms with Crippen LogP contribution in [0.15, 0.2) is 23.1 Å². The van der Waals surface area contributed by atoms with Gasteiger partial charge in [0.2, 0.25) is 0 Å². The van der Waals surface area contributed by atoms with Crippen LogP contribution in [0.4, 0.5) is 30.8 Å². The number of benzene rings is 1. The van der Waals surface area contributed by atoms with Crippen LogP contribution in [0.1, 0.15) is 0 Å². The van der Waals surface area contributed by atoms with E-state index >= 15 is 0 Å². The Labute approximate surface area is 110 Å². The number of halogens is 5. The van der Waals surface area contributed by atoms with Crippen molar-refractivity contribution in [2.75, 3.05) is 25.1 Å². The van der Waals surface area contributed by atoms with Gasteiger partial charge in [0.15, 0.2) is 0 Å². The van der Waals surface area contributed by atoms with E-state index in [-0.39, 0.29) is 24.4 Å². The fourth-order valence-corrected chi connectivity index (χ4v) is 2.14. The summed E-state index contributed by atoms with van der Waals surface area (Å²) in [5.74, 6) is 0. The van der Waals surface area contributed by atoms with Gasteiger partial charge in [0.1, 0.15) is 10.6 Å². The van der Waals surface area contributed by atoms with Crippen molar-refractivity contribution in [1.82, 2.24) is 0 Å². The Bertz CT molecular complexity index is 548. The predicted octanol–water partition coefficient (Wildman–Crippen LogP) is 3.68. The molecule has 0 heterocycles. The second-order valence-corrected chi connectivity index (χ2v) is 6.43. The molecule has 0 aromatic heterocycles. The Morgan fingerprint density at radius 3 is 2.25 bits per heavy atom. The van der Waals surface area contributed by atoms with Gasteiger partial charge in [0, 0.05) is 19.7 Å². The Balaban J connectivity index is 3.47. The van der Waals surface area contributed by atoms with Crippen molar-refractivity contribution in [3.8, 4) is 0 Å². The first-order chi connectivity index (χ1) is 8.76. The van der Waals surface area contributed by atoms with E-state index in [1.54, 1.807) is 0 Å². The largest absolute Gasteiger partial charge is 0.395 e. The number of hydrogen-bond acceptors (Lipinski definition) is 4. The minimum absolute atomic E-state index is 0.0950. The Morgan fingerprint density at radius 2 is 1.85 bits per heavy atom. The van der Waals surface area contributed by atoms with Gasteiger partial charge in [-0.1, -0.05) is 19.4 Å². The molecular formula is C9H11F5N2O3S. The molecular weight excluding hydrogens is 311 g/mol. The van der Waals surface area contributed by atoms with Crippen molar-refractivity contribution in [3.05, 3.63) is 28.3 Å². The highest BCUT2D eigenvalue weighted by atomic mass is 32.5. The summed E-state index contributed by atoms with van der Waals surface area (Å²) >= 11 is 0. The maximum absolute atomic E-state index is 12.6. The van der Waals surface area contributed by atoms with Crippen LogP contribution in [0.5, 0.6) is 0 Å². The zero-order valence-corrected chi connectivity index (χ0v) is 10.9. The number of anilines is 1. The average molecular weight is 322 g/mol. The van der Waals surface area contributed by atoms with Crippen molar-refractivity contribution in [1.29, 1.82) is 0 Å². The standard InChI is InChI=1S/C9H11F5N2O3S/c1-15(4-5-17)8-3-2-7(6-9(8)16(18)19)20(10,11,12,13)14/h2-3,6,17H,4-5H2,1H3. The molecule has 0 radical (unpaired) electrons. The number of nitro benzene ring substituents is 1. The summed E-state index contributed by atoms with van der Waals surface area (Å²) in [7, 11) is -8.69. The molecule has 1 N–H and O–H groups in total. The summed E-state index contributed by atoms with van der Waals surface area (Å²) in [6, 6.07) is 0.490. The minimum Gasteiger partial charge on any atom is -0.395 e. The van der Waals surface area contributed by atoms with E-state index in [1.165, 1.54) is 7.05 Å². The van der Waals surface area contributed by atoms with E-state index in [0.29, 0.717) is 6.07 Å². The fraction of sp³-hybridized carbons (Fsp3) is 0.333. The van der Waals surface area contributed by atoms with Crippen LogP contribution < -0.4 is 4.90 Å². The number of hydrogen-bond donors (Lipinski definition) is 1.